The van der Waals surface area contributed by atoms with Crippen LogP contribution in [0.2, 0.25) is 0 Å². The highest BCUT2D eigenvalue weighted by atomic mass is 16.5. The van der Waals surface area contributed by atoms with E-state index in [-0.39, 0.29) is 24.1 Å². The smallest absolute Gasteiger partial charge is 0.240 e. The van der Waals surface area contributed by atoms with E-state index in [1.165, 1.54) is 18.7 Å². The molecule has 0 bridgehead atoms. The number of ketones is 1. The lowest BCUT2D eigenvalue weighted by atomic mass is 10.1. The summed E-state index contributed by atoms with van der Waals surface area (Å²) in [7, 11) is 0. The molecule has 1 saturated heterocycles. The number of carbonyl (C=O) groups is 3. The van der Waals surface area contributed by atoms with Gasteiger partial charge < -0.3 is 15.0 Å². The first kappa shape index (κ1) is 19.1. The molecule has 1 fully saturated rings. The molecule has 2 amide bonds. The number of hydrogen-bond donors (Lipinski definition) is 1. The predicted molar refractivity (Wildman–Crippen MR) is 94.7 cm³/mol. The van der Waals surface area contributed by atoms with Crippen LogP contribution in [0.25, 0.3) is 0 Å². The molecule has 1 aliphatic heterocycles. The summed E-state index contributed by atoms with van der Waals surface area (Å²) in [5.74, 6) is -0.472. The highest BCUT2D eigenvalue weighted by Crippen LogP contribution is 2.15. The molecule has 1 aromatic carbocycles. The molecule has 0 atom stereocenters. The fraction of sp³-hybridized carbons (Fsp3) is 0.500. The topological polar surface area (TPSA) is 79.0 Å². The number of amides is 2. The van der Waals surface area contributed by atoms with Gasteiger partial charge in [0, 0.05) is 44.4 Å². The number of nitrogens with zero attached hydrogens (tertiary/aromatic N) is 2. The molecule has 0 saturated carbocycles. The fourth-order valence-corrected chi connectivity index (χ4v) is 2.64. The van der Waals surface area contributed by atoms with Gasteiger partial charge in [0.15, 0.2) is 5.78 Å². The zero-order valence-corrected chi connectivity index (χ0v) is 14.8. The van der Waals surface area contributed by atoms with Gasteiger partial charge in [-0.05, 0) is 31.2 Å². The average molecular weight is 347 g/mol. The predicted octanol–water partition coefficient (Wildman–Crippen LogP) is 0.691. The molecule has 0 unspecified atom stereocenters. The van der Waals surface area contributed by atoms with E-state index in [0.717, 1.165) is 32.8 Å². The van der Waals surface area contributed by atoms with Crippen LogP contribution < -0.4 is 10.2 Å². The van der Waals surface area contributed by atoms with Gasteiger partial charge in [-0.25, -0.2) is 0 Å². The minimum atomic E-state index is -0.223. The standard InChI is InChI=1S/C18H25N3O4/c1-14(22)16-3-5-17(6-4-16)21(15(2)23)13-18(24)19-7-8-20-9-11-25-12-10-20/h3-6H,7-13H2,1-2H3,(H,19,24). The number of hydrogen-bond acceptors (Lipinski definition) is 5. The lowest BCUT2D eigenvalue weighted by Gasteiger charge is -2.26. The van der Waals surface area contributed by atoms with Crippen LogP contribution in [-0.2, 0) is 14.3 Å². The van der Waals surface area contributed by atoms with E-state index in [9.17, 15) is 14.4 Å². The quantitative estimate of drug-likeness (QED) is 0.734. The second-order valence-corrected chi connectivity index (χ2v) is 6.01. The number of morpholine rings is 1. The molecule has 0 aromatic heterocycles. The molecule has 1 aliphatic rings. The Morgan fingerprint density at radius 1 is 1.12 bits per heavy atom. The Morgan fingerprint density at radius 3 is 2.32 bits per heavy atom. The summed E-state index contributed by atoms with van der Waals surface area (Å²) in [5.41, 5.74) is 1.17. The summed E-state index contributed by atoms with van der Waals surface area (Å²) in [6.07, 6.45) is 0. The van der Waals surface area contributed by atoms with Crippen molar-refractivity contribution in [3.05, 3.63) is 29.8 Å². The van der Waals surface area contributed by atoms with Crippen molar-refractivity contribution >= 4 is 23.3 Å². The normalized spacial score (nSPS) is 14.8. The number of benzene rings is 1. The molecule has 0 spiro atoms. The summed E-state index contributed by atoms with van der Waals surface area (Å²) in [6.45, 7) is 7.36. The lowest BCUT2D eigenvalue weighted by molar-refractivity contribution is -0.123. The molecule has 7 nitrogen and oxygen atoms in total. The Bertz CT molecular complexity index is 609. The number of nitrogens with one attached hydrogen (secondary N) is 1. The van der Waals surface area contributed by atoms with E-state index >= 15 is 0 Å². The Labute approximate surface area is 147 Å². The maximum absolute atomic E-state index is 12.1. The molecule has 136 valence electrons. The van der Waals surface area contributed by atoms with Gasteiger partial charge in [0.25, 0.3) is 0 Å². The van der Waals surface area contributed by atoms with Crippen LogP contribution >= 0.6 is 0 Å². The number of Topliss-reactive ketones (excluding diaryl/α,β-unsaturated/α-hetero) is 1. The Kier molecular flexibility index (Phi) is 7.09. The van der Waals surface area contributed by atoms with Gasteiger partial charge in [-0.1, -0.05) is 0 Å². The van der Waals surface area contributed by atoms with E-state index in [4.69, 9.17) is 4.74 Å². The van der Waals surface area contributed by atoms with E-state index in [0.29, 0.717) is 17.8 Å². The van der Waals surface area contributed by atoms with Crippen LogP contribution in [0.4, 0.5) is 5.69 Å². The van der Waals surface area contributed by atoms with E-state index < -0.39 is 0 Å². The van der Waals surface area contributed by atoms with Crippen LogP contribution in [0.5, 0.6) is 0 Å². The van der Waals surface area contributed by atoms with Crippen molar-refractivity contribution in [1.82, 2.24) is 10.2 Å². The Balaban J connectivity index is 1.86. The average Bonchev–Trinajstić information content (AvgIpc) is 2.60. The van der Waals surface area contributed by atoms with Crippen molar-refractivity contribution in [2.75, 3.05) is 50.8 Å². The van der Waals surface area contributed by atoms with Gasteiger partial charge in [0.2, 0.25) is 11.8 Å². The first-order valence-corrected chi connectivity index (χ1v) is 8.43. The van der Waals surface area contributed by atoms with Crippen molar-refractivity contribution in [3.8, 4) is 0 Å². The molecule has 2 rings (SSSR count). The molecule has 1 aromatic rings. The molecule has 1 N–H and O–H groups in total. The summed E-state index contributed by atoms with van der Waals surface area (Å²) in [6, 6.07) is 6.67. The van der Waals surface area contributed by atoms with Crippen LogP contribution in [0.3, 0.4) is 0 Å². The second kappa shape index (κ2) is 9.29. The number of anilines is 1. The largest absolute Gasteiger partial charge is 0.379 e. The van der Waals surface area contributed by atoms with E-state index in [1.54, 1.807) is 24.3 Å². The monoisotopic (exact) mass is 347 g/mol. The Morgan fingerprint density at radius 2 is 1.76 bits per heavy atom. The number of carbonyl (C=O) groups excluding carboxylic acids is 3. The van der Waals surface area contributed by atoms with Crippen LogP contribution in [0.1, 0.15) is 24.2 Å². The van der Waals surface area contributed by atoms with Crippen molar-refractivity contribution < 1.29 is 19.1 Å². The highest BCUT2D eigenvalue weighted by molar-refractivity contribution is 5.98. The zero-order valence-electron chi connectivity index (χ0n) is 14.8. The molecule has 25 heavy (non-hydrogen) atoms. The van der Waals surface area contributed by atoms with Crippen molar-refractivity contribution in [2.24, 2.45) is 0 Å². The summed E-state index contributed by atoms with van der Waals surface area (Å²) >= 11 is 0. The molecule has 7 heteroatoms. The summed E-state index contributed by atoms with van der Waals surface area (Å²) < 4.78 is 5.28. The van der Waals surface area contributed by atoms with Gasteiger partial charge in [-0.2, -0.15) is 0 Å². The van der Waals surface area contributed by atoms with E-state index in [2.05, 4.69) is 10.2 Å². The van der Waals surface area contributed by atoms with Gasteiger partial charge in [0.1, 0.15) is 6.54 Å². The van der Waals surface area contributed by atoms with Crippen LogP contribution in [0.15, 0.2) is 24.3 Å². The maximum Gasteiger partial charge on any atom is 0.240 e. The molecular weight excluding hydrogens is 322 g/mol. The minimum absolute atomic E-state index is 0.0400. The third-order valence-corrected chi connectivity index (χ3v) is 4.12. The highest BCUT2D eigenvalue weighted by Gasteiger charge is 2.16. The van der Waals surface area contributed by atoms with Crippen LogP contribution in [-0.4, -0.2) is 68.4 Å². The van der Waals surface area contributed by atoms with Crippen molar-refractivity contribution in [3.63, 3.8) is 0 Å². The van der Waals surface area contributed by atoms with Crippen molar-refractivity contribution in [1.29, 1.82) is 0 Å². The molecular formula is C18H25N3O4. The summed E-state index contributed by atoms with van der Waals surface area (Å²) in [4.78, 5) is 39.0. The van der Waals surface area contributed by atoms with E-state index in [1.807, 2.05) is 0 Å². The Hall–Kier alpha value is -2.25. The van der Waals surface area contributed by atoms with Gasteiger partial charge in [0.05, 0.1) is 13.2 Å². The number of ether oxygens (including phenoxy) is 1. The second-order valence-electron chi connectivity index (χ2n) is 6.01. The summed E-state index contributed by atoms with van der Waals surface area (Å²) in [5, 5.41) is 2.85. The maximum atomic E-state index is 12.1. The minimum Gasteiger partial charge on any atom is -0.379 e. The SMILES string of the molecule is CC(=O)c1ccc(N(CC(=O)NCCN2CCOCC2)C(C)=O)cc1. The third-order valence-electron chi connectivity index (χ3n) is 4.12. The van der Waals surface area contributed by atoms with Gasteiger partial charge in [-0.3, -0.25) is 19.3 Å². The third kappa shape index (κ3) is 5.95. The first-order valence-electron chi connectivity index (χ1n) is 8.43. The zero-order chi connectivity index (χ0) is 18.2. The molecule has 0 aliphatic carbocycles. The van der Waals surface area contributed by atoms with Gasteiger partial charge in [-0.15, -0.1) is 0 Å². The molecule has 0 radical (unpaired) electrons. The fourth-order valence-electron chi connectivity index (χ4n) is 2.64. The first-order chi connectivity index (χ1) is 12.0. The van der Waals surface area contributed by atoms with Crippen LogP contribution in [0, 0.1) is 0 Å². The van der Waals surface area contributed by atoms with Crippen molar-refractivity contribution in [2.45, 2.75) is 13.8 Å². The molecule has 1 heterocycles. The van der Waals surface area contributed by atoms with Gasteiger partial charge >= 0.3 is 0 Å². The number of rotatable bonds is 7. The lowest BCUT2D eigenvalue weighted by Crippen LogP contribution is -2.44.